The molecule has 0 atom stereocenters. The number of anilines is 3. The van der Waals surface area contributed by atoms with Crippen molar-refractivity contribution in [2.45, 2.75) is 6.10 Å². The zero-order chi connectivity index (χ0) is 21.8. The first kappa shape index (κ1) is 20.1. The Hall–Kier alpha value is -4.19. The number of para-hydroxylation sites is 1. The normalized spacial score (nSPS) is 13.1. The number of nitrogens with zero attached hydrogens (tertiary/aromatic N) is 4. The number of aromatic nitrogens is 2. The lowest BCUT2D eigenvalue weighted by atomic mass is 10.1. The van der Waals surface area contributed by atoms with Gasteiger partial charge in [-0.25, -0.2) is 9.37 Å². The summed E-state index contributed by atoms with van der Waals surface area (Å²) in [7, 11) is 1.56. The third-order valence-corrected chi connectivity index (χ3v) is 4.80. The summed E-state index contributed by atoms with van der Waals surface area (Å²) in [5.41, 5.74) is 1.35. The fourth-order valence-corrected chi connectivity index (χ4v) is 3.19. The summed E-state index contributed by atoms with van der Waals surface area (Å²) >= 11 is 0. The third-order valence-electron chi connectivity index (χ3n) is 4.80. The lowest BCUT2D eigenvalue weighted by Crippen LogP contribution is -2.54. The molecule has 2 N–H and O–H groups in total. The zero-order valence-electron chi connectivity index (χ0n) is 16.7. The maximum Gasteiger partial charge on any atom is 0.253 e. The lowest BCUT2D eigenvalue weighted by Gasteiger charge is -2.40. The Morgan fingerprint density at radius 3 is 2.68 bits per heavy atom. The molecule has 0 aliphatic carbocycles. The number of hydrogen-bond donors (Lipinski definition) is 2. The van der Waals surface area contributed by atoms with Crippen molar-refractivity contribution >= 4 is 23.4 Å². The second-order valence-electron chi connectivity index (χ2n) is 6.89. The molecule has 156 valence electrons. The third kappa shape index (κ3) is 4.38. The van der Waals surface area contributed by atoms with Gasteiger partial charge >= 0.3 is 0 Å². The molecule has 0 spiro atoms. The fraction of sp³-hybridized carbons (Fsp3) is 0.182. The maximum absolute atomic E-state index is 13.0. The Morgan fingerprint density at radius 2 is 1.97 bits per heavy atom. The van der Waals surface area contributed by atoms with Crippen LogP contribution in [-0.4, -0.2) is 42.1 Å². The number of ether oxygens (including phenoxy) is 1. The van der Waals surface area contributed by atoms with E-state index in [-0.39, 0.29) is 23.8 Å². The minimum absolute atomic E-state index is 0.0997. The van der Waals surface area contributed by atoms with Crippen LogP contribution in [0, 0.1) is 17.1 Å². The first-order valence-electron chi connectivity index (χ1n) is 9.60. The molecule has 1 aliphatic rings. The molecule has 2 aromatic carbocycles. The van der Waals surface area contributed by atoms with Crippen molar-refractivity contribution in [2.75, 3.05) is 30.4 Å². The molecule has 1 saturated heterocycles. The number of halogens is 1. The molecule has 8 nitrogen and oxygen atoms in total. The predicted molar refractivity (Wildman–Crippen MR) is 113 cm³/mol. The molecular formula is C22H19FN6O2. The van der Waals surface area contributed by atoms with Gasteiger partial charge in [-0.1, -0.05) is 12.1 Å². The lowest BCUT2D eigenvalue weighted by molar-refractivity contribution is 0.0964. The fourth-order valence-electron chi connectivity index (χ4n) is 3.19. The predicted octanol–water partition coefficient (Wildman–Crippen LogP) is 2.86. The van der Waals surface area contributed by atoms with Gasteiger partial charge in [0, 0.05) is 7.05 Å². The average molecular weight is 418 g/mol. The Kier molecular flexibility index (Phi) is 5.62. The summed E-state index contributed by atoms with van der Waals surface area (Å²) in [5.74, 6) is 0.785. The molecule has 4 rings (SSSR count). The van der Waals surface area contributed by atoms with E-state index in [2.05, 4.69) is 26.7 Å². The van der Waals surface area contributed by atoms with Crippen LogP contribution in [0.1, 0.15) is 15.9 Å². The number of carbonyl (C=O) groups excluding carboxylic acids is 1. The van der Waals surface area contributed by atoms with Gasteiger partial charge < -0.3 is 20.3 Å². The van der Waals surface area contributed by atoms with Crippen LogP contribution in [0.25, 0.3) is 0 Å². The van der Waals surface area contributed by atoms with Gasteiger partial charge in [0.1, 0.15) is 29.3 Å². The van der Waals surface area contributed by atoms with E-state index in [4.69, 9.17) is 4.74 Å². The average Bonchev–Trinajstić information content (AvgIpc) is 2.77. The van der Waals surface area contributed by atoms with E-state index in [1.165, 1.54) is 18.3 Å². The number of carbonyl (C=O) groups is 1. The first-order valence-corrected chi connectivity index (χ1v) is 9.60. The molecule has 0 bridgehead atoms. The van der Waals surface area contributed by atoms with Crippen molar-refractivity contribution < 1.29 is 13.9 Å². The number of nitriles is 1. The van der Waals surface area contributed by atoms with E-state index in [9.17, 15) is 14.4 Å². The number of amides is 1. The summed E-state index contributed by atoms with van der Waals surface area (Å²) in [6.07, 6.45) is 1.35. The Labute approximate surface area is 178 Å². The molecule has 0 saturated carbocycles. The smallest absolute Gasteiger partial charge is 0.253 e. The van der Waals surface area contributed by atoms with E-state index >= 15 is 0 Å². The summed E-state index contributed by atoms with van der Waals surface area (Å²) < 4.78 is 18.8. The largest absolute Gasteiger partial charge is 0.487 e. The van der Waals surface area contributed by atoms with Gasteiger partial charge in [0.2, 0.25) is 5.95 Å². The van der Waals surface area contributed by atoms with Crippen molar-refractivity contribution in [3.63, 3.8) is 0 Å². The molecule has 1 aliphatic heterocycles. The molecule has 31 heavy (non-hydrogen) atoms. The van der Waals surface area contributed by atoms with E-state index in [1.54, 1.807) is 43.4 Å². The highest BCUT2D eigenvalue weighted by molar-refractivity contribution is 5.99. The molecule has 1 aromatic heterocycles. The molecule has 1 fully saturated rings. The Morgan fingerprint density at radius 1 is 1.23 bits per heavy atom. The summed E-state index contributed by atoms with van der Waals surface area (Å²) in [4.78, 5) is 22.7. The minimum atomic E-state index is -0.319. The van der Waals surface area contributed by atoms with Crippen molar-refractivity contribution in [1.29, 1.82) is 5.26 Å². The van der Waals surface area contributed by atoms with E-state index in [0.717, 1.165) is 0 Å². The second-order valence-corrected chi connectivity index (χ2v) is 6.89. The van der Waals surface area contributed by atoms with Gasteiger partial charge in [-0.15, -0.1) is 0 Å². The van der Waals surface area contributed by atoms with Gasteiger partial charge in [0.15, 0.2) is 5.82 Å². The van der Waals surface area contributed by atoms with Crippen LogP contribution in [-0.2, 0) is 0 Å². The van der Waals surface area contributed by atoms with E-state index in [1.807, 2.05) is 4.90 Å². The van der Waals surface area contributed by atoms with Crippen LogP contribution >= 0.6 is 0 Å². The first-order chi connectivity index (χ1) is 15.1. The summed E-state index contributed by atoms with van der Waals surface area (Å²) in [6.45, 7) is 1.05. The second kappa shape index (κ2) is 8.67. The number of nitrogens with one attached hydrogen (secondary N) is 2. The van der Waals surface area contributed by atoms with Crippen LogP contribution in [0.15, 0.2) is 54.7 Å². The summed E-state index contributed by atoms with van der Waals surface area (Å²) in [5, 5.41) is 15.1. The molecule has 0 radical (unpaired) electrons. The quantitative estimate of drug-likeness (QED) is 0.634. The van der Waals surface area contributed by atoms with Gasteiger partial charge in [-0.3, -0.25) is 4.79 Å². The van der Waals surface area contributed by atoms with Crippen LogP contribution in [0.3, 0.4) is 0 Å². The topological polar surface area (TPSA) is 103 Å². The van der Waals surface area contributed by atoms with Crippen molar-refractivity contribution in [3.05, 3.63) is 71.7 Å². The van der Waals surface area contributed by atoms with Gasteiger partial charge in [0.05, 0.1) is 30.5 Å². The van der Waals surface area contributed by atoms with Crippen molar-refractivity contribution in [1.82, 2.24) is 15.3 Å². The van der Waals surface area contributed by atoms with Gasteiger partial charge in [0.25, 0.3) is 5.91 Å². The molecule has 1 amide bonds. The van der Waals surface area contributed by atoms with Gasteiger partial charge in [-0.05, 0) is 36.4 Å². The minimum Gasteiger partial charge on any atom is -0.487 e. The van der Waals surface area contributed by atoms with Crippen LogP contribution in [0.4, 0.5) is 21.8 Å². The standard InChI is InChI=1S/C22H19FN6O2/c1-25-21(30)18-4-2-3-5-19(18)27-22-26-11-14(10-24)20(28-22)29-12-17(13-29)31-16-8-6-15(23)7-9-16/h2-9,11,17H,12-13H2,1H3,(H,25,30)(H,26,27,28). The Balaban J connectivity index is 1.49. The zero-order valence-corrected chi connectivity index (χ0v) is 16.7. The van der Waals surface area contributed by atoms with E-state index in [0.29, 0.717) is 41.5 Å². The summed E-state index contributed by atoms with van der Waals surface area (Å²) in [6, 6.07) is 15.0. The van der Waals surface area contributed by atoms with Crippen LogP contribution in [0.5, 0.6) is 5.75 Å². The monoisotopic (exact) mass is 418 g/mol. The number of hydrogen-bond acceptors (Lipinski definition) is 7. The van der Waals surface area contributed by atoms with Crippen molar-refractivity contribution in [3.8, 4) is 11.8 Å². The van der Waals surface area contributed by atoms with Crippen molar-refractivity contribution in [2.24, 2.45) is 0 Å². The number of benzene rings is 2. The van der Waals surface area contributed by atoms with Gasteiger partial charge in [-0.2, -0.15) is 10.2 Å². The molecule has 0 unspecified atom stereocenters. The molecular weight excluding hydrogens is 399 g/mol. The highest BCUT2D eigenvalue weighted by Gasteiger charge is 2.31. The highest BCUT2D eigenvalue weighted by Crippen LogP contribution is 2.27. The van der Waals surface area contributed by atoms with Crippen LogP contribution in [0.2, 0.25) is 0 Å². The molecule has 3 aromatic rings. The SMILES string of the molecule is CNC(=O)c1ccccc1Nc1ncc(C#N)c(N2CC(Oc3ccc(F)cc3)C2)n1. The number of rotatable bonds is 6. The maximum atomic E-state index is 13.0. The Bertz CT molecular complexity index is 1140. The molecule has 2 heterocycles. The molecule has 9 heteroatoms. The van der Waals surface area contributed by atoms with E-state index < -0.39 is 0 Å². The highest BCUT2D eigenvalue weighted by atomic mass is 19.1. The van der Waals surface area contributed by atoms with Crippen LogP contribution < -0.4 is 20.3 Å².